The molecule has 144 valence electrons. The summed E-state index contributed by atoms with van der Waals surface area (Å²) in [4.78, 5) is 26.4. The second-order valence-corrected chi connectivity index (χ2v) is 7.65. The molecule has 1 aliphatic heterocycles. The zero-order valence-electron chi connectivity index (χ0n) is 15.2. The summed E-state index contributed by atoms with van der Waals surface area (Å²) >= 11 is 7.32. The van der Waals surface area contributed by atoms with Gasteiger partial charge in [0.15, 0.2) is 11.5 Å². The van der Waals surface area contributed by atoms with Crippen LogP contribution in [0.15, 0.2) is 42.5 Å². The minimum absolute atomic E-state index is 0.0648. The molecule has 0 N–H and O–H groups in total. The first-order valence-corrected chi connectivity index (χ1v) is 9.77. The van der Waals surface area contributed by atoms with Crippen molar-refractivity contribution in [3.05, 3.63) is 58.6 Å². The largest absolute Gasteiger partial charge is 0.493 e. The normalized spacial score (nSPS) is 16.2. The number of carbonyl (C=O) groups excluding carboxylic acids is 2. The second kappa shape index (κ2) is 9.05. The lowest BCUT2D eigenvalue weighted by atomic mass is 10.1. The molecule has 28 heavy (non-hydrogen) atoms. The predicted molar refractivity (Wildman–Crippen MR) is 110 cm³/mol. The van der Waals surface area contributed by atoms with Crippen LogP contribution in [0.25, 0.3) is 0 Å². The molecule has 2 amide bonds. The third kappa shape index (κ3) is 4.44. The van der Waals surface area contributed by atoms with E-state index >= 15 is 0 Å². The van der Waals surface area contributed by atoms with Crippen LogP contribution in [0.4, 0.5) is 4.79 Å². The van der Waals surface area contributed by atoms with Crippen LogP contribution in [-0.4, -0.2) is 35.0 Å². The van der Waals surface area contributed by atoms with Gasteiger partial charge in [0, 0.05) is 0 Å². The number of ether oxygens (including phenoxy) is 2. The van der Waals surface area contributed by atoms with Gasteiger partial charge in [-0.25, -0.2) is 0 Å². The zero-order valence-corrected chi connectivity index (χ0v) is 16.8. The van der Waals surface area contributed by atoms with E-state index in [0.29, 0.717) is 22.9 Å². The van der Waals surface area contributed by atoms with Crippen LogP contribution in [0.1, 0.15) is 11.1 Å². The molecule has 3 rings (SSSR count). The van der Waals surface area contributed by atoms with Crippen LogP contribution in [0.2, 0.25) is 5.02 Å². The van der Waals surface area contributed by atoms with Crippen LogP contribution in [-0.2, 0) is 17.8 Å². The highest BCUT2D eigenvalue weighted by molar-refractivity contribution is 8.15. The summed E-state index contributed by atoms with van der Waals surface area (Å²) in [5, 5.41) is -0.409. The Morgan fingerprint density at radius 3 is 2.64 bits per heavy atom. The number of halogens is 1. The summed E-state index contributed by atoms with van der Waals surface area (Å²) < 4.78 is 10.8. The van der Waals surface area contributed by atoms with Gasteiger partial charge in [0.1, 0.15) is 6.61 Å². The molecular formula is C21H18ClNO4S. The number of imide groups is 1. The summed E-state index contributed by atoms with van der Waals surface area (Å²) in [5.74, 6) is 2.96. The van der Waals surface area contributed by atoms with Crippen molar-refractivity contribution >= 4 is 34.5 Å². The van der Waals surface area contributed by atoms with Gasteiger partial charge in [-0.15, -0.1) is 6.42 Å². The average Bonchev–Trinajstić information content (AvgIpc) is 2.95. The second-order valence-electron chi connectivity index (χ2n) is 6.09. The summed E-state index contributed by atoms with van der Waals surface area (Å²) in [6.45, 7) is 0.334. The Morgan fingerprint density at radius 1 is 1.21 bits per heavy atom. The van der Waals surface area contributed by atoms with Gasteiger partial charge in [0.05, 0.1) is 23.9 Å². The van der Waals surface area contributed by atoms with Crippen LogP contribution >= 0.6 is 23.4 Å². The molecule has 0 aromatic heterocycles. The van der Waals surface area contributed by atoms with Crippen LogP contribution in [0, 0.1) is 12.3 Å². The van der Waals surface area contributed by atoms with Gasteiger partial charge in [-0.05, 0) is 29.7 Å². The minimum atomic E-state index is -0.505. The van der Waals surface area contributed by atoms with Crippen molar-refractivity contribution in [3.63, 3.8) is 0 Å². The highest BCUT2D eigenvalue weighted by Gasteiger charge is 2.39. The Bertz CT molecular complexity index is 926. The Kier molecular flexibility index (Phi) is 6.50. The number of benzene rings is 2. The number of hydrogen-bond acceptors (Lipinski definition) is 5. The number of rotatable bonds is 7. The Hall–Kier alpha value is -2.62. The zero-order chi connectivity index (χ0) is 20.1. The highest BCUT2D eigenvalue weighted by Crippen LogP contribution is 2.38. The minimum Gasteiger partial charge on any atom is -0.493 e. The molecule has 0 spiro atoms. The molecule has 7 heteroatoms. The molecule has 1 aliphatic rings. The maximum atomic E-state index is 12.7. The number of hydrogen-bond donors (Lipinski definition) is 0. The van der Waals surface area contributed by atoms with Crippen molar-refractivity contribution in [1.29, 1.82) is 0 Å². The molecule has 0 saturated carbocycles. The van der Waals surface area contributed by atoms with Crippen molar-refractivity contribution in [3.8, 4) is 23.8 Å². The number of terminal acetylenes is 1. The van der Waals surface area contributed by atoms with Gasteiger partial charge >= 0.3 is 0 Å². The molecule has 1 atom stereocenters. The van der Waals surface area contributed by atoms with E-state index in [-0.39, 0.29) is 24.3 Å². The van der Waals surface area contributed by atoms with E-state index in [9.17, 15) is 9.59 Å². The maximum Gasteiger partial charge on any atom is 0.289 e. The highest BCUT2D eigenvalue weighted by atomic mass is 35.5. The van der Waals surface area contributed by atoms with E-state index < -0.39 is 5.25 Å². The van der Waals surface area contributed by atoms with Crippen molar-refractivity contribution in [2.24, 2.45) is 0 Å². The molecule has 5 nitrogen and oxygen atoms in total. The Labute approximate surface area is 173 Å². The lowest BCUT2D eigenvalue weighted by molar-refractivity contribution is -0.127. The quantitative estimate of drug-likeness (QED) is 0.635. The standard InChI is InChI=1S/C21H18ClNO4S/c1-3-9-27-19-16(22)10-15(11-17(19)26-2)12-18-20(24)23(21(25)28-18)13-14-7-5-4-6-8-14/h1,4-8,10-11,18H,9,12-13H2,2H3/t18-/m0/s1. The smallest absolute Gasteiger partial charge is 0.289 e. The summed E-state index contributed by atoms with van der Waals surface area (Å²) in [6, 6.07) is 12.9. The van der Waals surface area contributed by atoms with E-state index in [4.69, 9.17) is 27.5 Å². The first-order valence-electron chi connectivity index (χ1n) is 8.52. The number of nitrogens with zero attached hydrogens (tertiary/aromatic N) is 1. The number of carbonyl (C=O) groups is 2. The van der Waals surface area contributed by atoms with Gasteiger partial charge in [0.2, 0.25) is 5.91 Å². The molecule has 0 aliphatic carbocycles. The van der Waals surface area contributed by atoms with Crippen molar-refractivity contribution in [2.45, 2.75) is 18.2 Å². The Balaban J connectivity index is 1.75. The molecule has 0 bridgehead atoms. The van der Waals surface area contributed by atoms with Crippen LogP contribution in [0.5, 0.6) is 11.5 Å². The fraction of sp³-hybridized carbons (Fsp3) is 0.238. The molecule has 0 unspecified atom stereocenters. The average molecular weight is 416 g/mol. The van der Waals surface area contributed by atoms with Gasteiger partial charge in [-0.1, -0.05) is 59.6 Å². The fourth-order valence-electron chi connectivity index (χ4n) is 2.90. The third-order valence-electron chi connectivity index (χ3n) is 4.20. The summed E-state index contributed by atoms with van der Waals surface area (Å²) in [5.41, 5.74) is 1.68. The first kappa shape index (κ1) is 20.1. The van der Waals surface area contributed by atoms with Crippen molar-refractivity contribution < 1.29 is 19.1 Å². The number of thioether (sulfide) groups is 1. The van der Waals surface area contributed by atoms with Crippen molar-refractivity contribution in [2.75, 3.05) is 13.7 Å². The molecule has 1 fully saturated rings. The molecular weight excluding hydrogens is 398 g/mol. The van der Waals surface area contributed by atoms with Gasteiger partial charge in [0.25, 0.3) is 5.24 Å². The lowest BCUT2D eigenvalue weighted by Gasteiger charge is -2.15. The van der Waals surface area contributed by atoms with E-state index in [2.05, 4.69) is 5.92 Å². The maximum absolute atomic E-state index is 12.7. The molecule has 0 radical (unpaired) electrons. The number of amides is 2. The molecule has 1 heterocycles. The van der Waals surface area contributed by atoms with Crippen LogP contribution < -0.4 is 9.47 Å². The summed E-state index contributed by atoms with van der Waals surface area (Å²) in [6.07, 6.45) is 5.57. The third-order valence-corrected chi connectivity index (χ3v) is 5.55. The van der Waals surface area contributed by atoms with Gasteiger partial charge < -0.3 is 9.47 Å². The number of methoxy groups -OCH3 is 1. The predicted octanol–water partition coefficient (Wildman–Crippen LogP) is 4.17. The Morgan fingerprint density at radius 2 is 1.96 bits per heavy atom. The van der Waals surface area contributed by atoms with Crippen molar-refractivity contribution in [1.82, 2.24) is 4.90 Å². The van der Waals surface area contributed by atoms with Crippen LogP contribution in [0.3, 0.4) is 0 Å². The summed E-state index contributed by atoms with van der Waals surface area (Å²) in [7, 11) is 1.50. The SMILES string of the molecule is C#CCOc1c(Cl)cc(C[C@@H]2SC(=O)N(Cc3ccccc3)C2=O)cc1OC. The monoisotopic (exact) mass is 415 g/mol. The van der Waals surface area contributed by atoms with E-state index in [1.807, 2.05) is 30.3 Å². The first-order chi connectivity index (χ1) is 13.5. The topological polar surface area (TPSA) is 55.8 Å². The molecule has 2 aromatic carbocycles. The van der Waals surface area contributed by atoms with Gasteiger partial charge in [-0.2, -0.15) is 0 Å². The lowest BCUT2D eigenvalue weighted by Crippen LogP contribution is -2.31. The molecule has 2 aromatic rings. The fourth-order valence-corrected chi connectivity index (χ4v) is 4.21. The van der Waals surface area contributed by atoms with E-state index in [0.717, 1.165) is 22.9 Å². The van der Waals surface area contributed by atoms with E-state index in [1.54, 1.807) is 12.1 Å². The van der Waals surface area contributed by atoms with Gasteiger partial charge in [-0.3, -0.25) is 14.5 Å². The molecule has 1 saturated heterocycles. The van der Waals surface area contributed by atoms with E-state index in [1.165, 1.54) is 12.0 Å².